The Kier molecular flexibility index (Phi) is 4.44. The Balaban J connectivity index is 2.23. The molecule has 4 heteroatoms. The second kappa shape index (κ2) is 6.07. The summed E-state index contributed by atoms with van der Waals surface area (Å²) in [6.07, 6.45) is 2.96. The summed E-state index contributed by atoms with van der Waals surface area (Å²) in [5.74, 6) is 1.47. The van der Waals surface area contributed by atoms with Crippen LogP contribution in [0.3, 0.4) is 0 Å². The van der Waals surface area contributed by atoms with E-state index in [0.717, 1.165) is 30.0 Å². The zero-order valence-electron chi connectivity index (χ0n) is 11.1. The third kappa shape index (κ3) is 2.76. The fourth-order valence-electron chi connectivity index (χ4n) is 2.56. The highest BCUT2D eigenvalue weighted by atomic mass is 16.5. The molecule has 0 amide bonds. The Labute approximate surface area is 108 Å². The third-order valence-corrected chi connectivity index (χ3v) is 3.62. The van der Waals surface area contributed by atoms with Crippen LogP contribution < -0.4 is 14.8 Å². The van der Waals surface area contributed by atoms with Crippen molar-refractivity contribution in [3.8, 4) is 11.5 Å². The van der Waals surface area contributed by atoms with Crippen molar-refractivity contribution in [2.24, 2.45) is 0 Å². The van der Waals surface area contributed by atoms with E-state index in [1.165, 1.54) is 12.8 Å². The number of ether oxygens (including phenoxy) is 2. The molecule has 3 N–H and O–H groups in total. The zero-order chi connectivity index (χ0) is 13.0. The lowest BCUT2D eigenvalue weighted by atomic mass is 9.94. The van der Waals surface area contributed by atoms with E-state index in [-0.39, 0.29) is 6.04 Å². The molecule has 0 radical (unpaired) electrons. The molecule has 1 fully saturated rings. The summed E-state index contributed by atoms with van der Waals surface area (Å²) in [6.45, 7) is 1.09. The highest BCUT2D eigenvalue weighted by molar-refractivity contribution is 5.42. The maximum atomic E-state index is 10.5. The summed E-state index contributed by atoms with van der Waals surface area (Å²) in [5.41, 5.74) is 0.819. The van der Waals surface area contributed by atoms with E-state index in [0.29, 0.717) is 0 Å². The third-order valence-electron chi connectivity index (χ3n) is 3.62. The van der Waals surface area contributed by atoms with Gasteiger partial charge in [0.15, 0.2) is 0 Å². The fraction of sp³-hybridized carbons (Fsp3) is 0.571. The molecule has 2 rings (SSSR count). The number of rotatable bonds is 4. The van der Waals surface area contributed by atoms with Crippen molar-refractivity contribution in [3.05, 3.63) is 23.8 Å². The minimum Gasteiger partial charge on any atom is -0.497 e. The number of nitrogens with two attached hydrogens (primary N) is 1. The number of hydrogen-bond donors (Lipinski definition) is 2. The van der Waals surface area contributed by atoms with Gasteiger partial charge >= 0.3 is 0 Å². The van der Waals surface area contributed by atoms with Crippen LogP contribution in [0.2, 0.25) is 0 Å². The average molecular weight is 252 g/mol. The van der Waals surface area contributed by atoms with Gasteiger partial charge < -0.3 is 19.9 Å². The summed E-state index contributed by atoms with van der Waals surface area (Å²) < 4.78 is 10.5. The molecule has 1 aromatic carbocycles. The van der Waals surface area contributed by atoms with E-state index >= 15 is 0 Å². The molecule has 0 unspecified atom stereocenters. The molecule has 2 atom stereocenters. The lowest BCUT2D eigenvalue weighted by molar-refractivity contribution is -0.705. The van der Waals surface area contributed by atoms with Gasteiger partial charge in [-0.1, -0.05) is 0 Å². The predicted octanol–water partition coefficient (Wildman–Crippen LogP) is 0.853. The highest BCUT2D eigenvalue weighted by Gasteiger charge is 2.28. The Bertz CT molecular complexity index is 389. The first-order chi connectivity index (χ1) is 8.76. The second-order valence-electron chi connectivity index (χ2n) is 4.74. The normalized spacial score (nSPS) is 21.4. The summed E-state index contributed by atoms with van der Waals surface area (Å²) in [5, 5.41) is 12.7. The van der Waals surface area contributed by atoms with Crippen molar-refractivity contribution in [2.75, 3.05) is 20.8 Å². The van der Waals surface area contributed by atoms with Gasteiger partial charge in [0.2, 0.25) is 0 Å². The first kappa shape index (κ1) is 13.2. The molecule has 4 nitrogen and oxygen atoms in total. The Morgan fingerprint density at radius 2 is 2.11 bits per heavy atom. The number of methoxy groups -OCH3 is 2. The summed E-state index contributed by atoms with van der Waals surface area (Å²) in [4.78, 5) is 0. The van der Waals surface area contributed by atoms with E-state index in [9.17, 15) is 5.11 Å². The Morgan fingerprint density at radius 3 is 2.72 bits per heavy atom. The quantitative estimate of drug-likeness (QED) is 0.835. The lowest BCUT2D eigenvalue weighted by Gasteiger charge is -2.26. The van der Waals surface area contributed by atoms with Crippen molar-refractivity contribution in [1.29, 1.82) is 0 Å². The smallest absolute Gasteiger partial charge is 0.134 e. The summed E-state index contributed by atoms with van der Waals surface area (Å²) in [6, 6.07) is 5.78. The average Bonchev–Trinajstić information content (AvgIpc) is 2.46. The summed E-state index contributed by atoms with van der Waals surface area (Å²) in [7, 11) is 3.26. The van der Waals surface area contributed by atoms with Crippen LogP contribution in [0.5, 0.6) is 11.5 Å². The van der Waals surface area contributed by atoms with Crippen molar-refractivity contribution >= 4 is 0 Å². The van der Waals surface area contributed by atoms with Crippen LogP contribution in [0.25, 0.3) is 0 Å². The van der Waals surface area contributed by atoms with Gasteiger partial charge in [-0.05, 0) is 31.0 Å². The first-order valence-corrected chi connectivity index (χ1v) is 6.49. The molecule has 1 aromatic rings. The molecule has 0 bridgehead atoms. The van der Waals surface area contributed by atoms with Crippen LogP contribution in [0.1, 0.15) is 30.9 Å². The second-order valence-corrected chi connectivity index (χ2v) is 4.74. The van der Waals surface area contributed by atoms with Crippen LogP contribution in [0, 0.1) is 0 Å². The fourth-order valence-corrected chi connectivity index (χ4v) is 2.56. The summed E-state index contributed by atoms with van der Waals surface area (Å²) >= 11 is 0. The van der Waals surface area contributed by atoms with E-state index in [4.69, 9.17) is 9.47 Å². The molecule has 0 saturated carbocycles. The number of aliphatic hydroxyl groups excluding tert-OH is 1. The Morgan fingerprint density at radius 1 is 1.28 bits per heavy atom. The van der Waals surface area contributed by atoms with Gasteiger partial charge in [-0.15, -0.1) is 0 Å². The van der Waals surface area contributed by atoms with Crippen LogP contribution in [-0.2, 0) is 0 Å². The monoisotopic (exact) mass is 252 g/mol. The molecule has 100 valence electrons. The minimum absolute atomic E-state index is 0.222. The molecular formula is C14H22NO3+. The highest BCUT2D eigenvalue weighted by Crippen LogP contribution is 2.31. The van der Waals surface area contributed by atoms with Crippen molar-refractivity contribution in [3.63, 3.8) is 0 Å². The maximum absolute atomic E-state index is 10.5. The van der Waals surface area contributed by atoms with Crippen LogP contribution in [-0.4, -0.2) is 31.9 Å². The molecular weight excluding hydrogens is 230 g/mol. The number of benzene rings is 1. The van der Waals surface area contributed by atoms with Crippen molar-refractivity contribution in [2.45, 2.75) is 31.4 Å². The molecule has 0 spiro atoms. The van der Waals surface area contributed by atoms with E-state index in [2.05, 4.69) is 5.32 Å². The van der Waals surface area contributed by atoms with Crippen LogP contribution in [0.15, 0.2) is 18.2 Å². The predicted molar refractivity (Wildman–Crippen MR) is 68.9 cm³/mol. The van der Waals surface area contributed by atoms with Crippen LogP contribution >= 0.6 is 0 Å². The van der Waals surface area contributed by atoms with Gasteiger partial charge in [0.1, 0.15) is 23.6 Å². The molecule has 18 heavy (non-hydrogen) atoms. The van der Waals surface area contributed by atoms with Gasteiger partial charge in [0.05, 0.1) is 20.8 Å². The molecule has 0 aliphatic carbocycles. The standard InChI is InChI=1S/C14H21NO3/c1-17-10-6-7-13(18-2)11(9-10)14(16)12-5-3-4-8-15-12/h6-7,9,12,14-16H,3-5,8H2,1-2H3/p+1/t12-,14-/m1/s1. The number of aliphatic hydroxyl groups is 1. The van der Waals surface area contributed by atoms with E-state index < -0.39 is 6.10 Å². The number of quaternary nitrogens is 1. The molecule has 0 aromatic heterocycles. The molecule has 1 aliphatic rings. The van der Waals surface area contributed by atoms with E-state index in [1.54, 1.807) is 14.2 Å². The van der Waals surface area contributed by atoms with Gasteiger partial charge in [-0.2, -0.15) is 0 Å². The maximum Gasteiger partial charge on any atom is 0.134 e. The van der Waals surface area contributed by atoms with Gasteiger partial charge in [-0.3, -0.25) is 0 Å². The topological polar surface area (TPSA) is 55.3 Å². The van der Waals surface area contributed by atoms with Crippen molar-refractivity contribution < 1.29 is 19.9 Å². The zero-order valence-corrected chi connectivity index (χ0v) is 11.1. The van der Waals surface area contributed by atoms with Gasteiger partial charge in [0, 0.05) is 12.0 Å². The lowest BCUT2D eigenvalue weighted by Crippen LogP contribution is -2.92. The molecule has 1 heterocycles. The van der Waals surface area contributed by atoms with Crippen molar-refractivity contribution in [1.82, 2.24) is 0 Å². The van der Waals surface area contributed by atoms with E-state index in [1.807, 2.05) is 18.2 Å². The minimum atomic E-state index is -0.504. The van der Waals surface area contributed by atoms with Gasteiger partial charge in [0.25, 0.3) is 0 Å². The molecule has 1 saturated heterocycles. The first-order valence-electron chi connectivity index (χ1n) is 6.49. The Hall–Kier alpha value is -1.26. The number of hydrogen-bond acceptors (Lipinski definition) is 3. The largest absolute Gasteiger partial charge is 0.497 e. The molecule has 1 aliphatic heterocycles. The number of piperidine rings is 1. The SMILES string of the molecule is COc1ccc(OC)c([C@@H](O)[C@H]2CCCC[NH2+]2)c1. The van der Waals surface area contributed by atoms with Crippen LogP contribution in [0.4, 0.5) is 0 Å². The van der Waals surface area contributed by atoms with Gasteiger partial charge in [-0.25, -0.2) is 0 Å².